The van der Waals surface area contributed by atoms with Crippen LogP contribution in [0.15, 0.2) is 9.98 Å². The first kappa shape index (κ1) is 39.0. The van der Waals surface area contributed by atoms with Crippen LogP contribution in [0.2, 0.25) is 0 Å². The van der Waals surface area contributed by atoms with Crippen LogP contribution in [0.1, 0.15) is 148 Å². The summed E-state index contributed by atoms with van der Waals surface area (Å²) in [6, 6.07) is 0.871. The van der Waals surface area contributed by atoms with Crippen molar-refractivity contribution in [3.05, 3.63) is 0 Å². The fourth-order valence-electron chi connectivity index (χ4n) is 8.98. The predicted octanol–water partition coefficient (Wildman–Crippen LogP) is 7.26. The molecule has 0 aliphatic carbocycles. The Kier molecular flexibility index (Phi) is 12.6. The molecule has 262 valence electrons. The minimum absolute atomic E-state index is 0.0288. The predicted molar refractivity (Wildman–Crippen MR) is 196 cm³/mol. The van der Waals surface area contributed by atoms with Gasteiger partial charge in [0.25, 0.3) is 0 Å². The van der Waals surface area contributed by atoms with Gasteiger partial charge in [0.05, 0.1) is 6.17 Å². The number of nitrogens with one attached hydrogen (secondary N) is 5. The molecule has 0 amide bonds. The average molecular weight is 672 g/mol. The van der Waals surface area contributed by atoms with E-state index in [1.54, 1.807) is 0 Å². The first-order valence-electron chi connectivity index (χ1n) is 17.5. The van der Waals surface area contributed by atoms with Gasteiger partial charge in [-0.05, 0) is 156 Å². The quantitative estimate of drug-likeness (QED) is 0.105. The van der Waals surface area contributed by atoms with E-state index in [1.807, 2.05) is 0 Å². The number of amidine groups is 2. The molecule has 45 heavy (non-hydrogen) atoms. The van der Waals surface area contributed by atoms with Crippen LogP contribution in [0.25, 0.3) is 0 Å². The van der Waals surface area contributed by atoms with Gasteiger partial charge < -0.3 is 16.0 Å². The Morgan fingerprint density at radius 1 is 0.800 bits per heavy atom. The molecular weight excluding hydrogens is 603 g/mol. The Bertz CT molecular complexity index is 1010. The highest BCUT2D eigenvalue weighted by Crippen LogP contribution is 2.32. The zero-order valence-electron chi connectivity index (χ0n) is 31.0. The molecule has 2 unspecified atom stereocenters. The largest absolute Gasteiger partial charge is 0.314 e. The molecule has 5 N–H and O–H groups in total. The zero-order chi connectivity index (χ0) is 34.1. The second kappa shape index (κ2) is 14.6. The van der Waals surface area contributed by atoms with Gasteiger partial charge in [-0.25, -0.2) is 4.99 Å². The molecule has 0 aromatic heterocycles. The molecule has 10 heteroatoms. The molecule has 2 fully saturated rings. The highest BCUT2D eigenvalue weighted by Gasteiger charge is 2.42. The minimum Gasteiger partial charge on any atom is -0.314 e. The van der Waals surface area contributed by atoms with Gasteiger partial charge in [-0.1, -0.05) is 27.2 Å². The molecule has 3 aliphatic rings. The molecule has 2 saturated heterocycles. The fourth-order valence-corrected chi connectivity index (χ4v) is 9.49. The van der Waals surface area contributed by atoms with Crippen molar-refractivity contribution in [2.24, 2.45) is 15.4 Å². The Balaban J connectivity index is 1.72. The van der Waals surface area contributed by atoms with E-state index in [2.05, 4.69) is 126 Å². The first-order chi connectivity index (χ1) is 20.4. The molecule has 0 radical (unpaired) electrons. The summed E-state index contributed by atoms with van der Waals surface area (Å²) in [4.78, 5) is 11.4. The van der Waals surface area contributed by atoms with E-state index >= 15 is 0 Å². The third-order valence-electron chi connectivity index (χ3n) is 9.11. The molecule has 3 heterocycles. The van der Waals surface area contributed by atoms with Crippen LogP contribution in [-0.4, -0.2) is 74.3 Å². The lowest BCUT2D eigenvalue weighted by atomic mass is 9.79. The Labute approximate surface area is 286 Å². The summed E-state index contributed by atoms with van der Waals surface area (Å²) < 4.78 is 0. The number of halogens is 2. The first-order valence-corrected chi connectivity index (χ1v) is 18.2. The minimum atomic E-state index is -0.409. The third-order valence-corrected chi connectivity index (χ3v) is 9.58. The highest BCUT2D eigenvalue weighted by molar-refractivity contribution is 6.71. The second-order valence-corrected chi connectivity index (χ2v) is 19.5. The lowest BCUT2D eigenvalue weighted by Gasteiger charge is -2.49. The average Bonchev–Trinajstić information content (AvgIpc) is 2.74. The van der Waals surface area contributed by atoms with Gasteiger partial charge in [0.15, 0.2) is 6.29 Å². The number of hydrogen-bond acceptors (Lipinski definition) is 8. The number of unbranched alkanes of at least 4 members (excludes halogenated alkanes) is 2. The number of hydrogen-bond donors (Lipinski definition) is 5. The van der Waals surface area contributed by atoms with Crippen molar-refractivity contribution in [1.82, 2.24) is 31.5 Å². The fraction of sp³-hybridized carbons (Fsp3) is 0.943. The summed E-state index contributed by atoms with van der Waals surface area (Å²) in [7, 11) is 0. The molecule has 8 nitrogen and oxygen atoms in total. The molecular formula is C35H68Cl2N8. The summed E-state index contributed by atoms with van der Waals surface area (Å²) in [6.45, 7) is 30.8. The lowest BCUT2D eigenvalue weighted by molar-refractivity contribution is 0.0862. The zero-order valence-corrected chi connectivity index (χ0v) is 32.5. The molecule has 0 bridgehead atoms. The van der Waals surface area contributed by atoms with E-state index in [4.69, 9.17) is 28.2 Å². The van der Waals surface area contributed by atoms with Crippen molar-refractivity contribution < 1.29 is 0 Å². The normalized spacial score (nSPS) is 26.4. The van der Waals surface area contributed by atoms with Crippen molar-refractivity contribution in [2.75, 3.05) is 6.54 Å². The van der Waals surface area contributed by atoms with Gasteiger partial charge in [0, 0.05) is 39.8 Å². The monoisotopic (exact) mass is 670 g/mol. The Hall–Kier alpha value is -0.480. The number of piperidine rings is 2. The van der Waals surface area contributed by atoms with Gasteiger partial charge in [-0.2, -0.15) is 4.99 Å². The van der Waals surface area contributed by atoms with Crippen molar-refractivity contribution in [3.63, 3.8) is 0 Å². The van der Waals surface area contributed by atoms with Gasteiger partial charge in [0.2, 0.25) is 10.6 Å². The highest BCUT2D eigenvalue weighted by atomic mass is 35.5. The Morgan fingerprint density at radius 2 is 1.31 bits per heavy atom. The van der Waals surface area contributed by atoms with E-state index in [-0.39, 0.29) is 44.6 Å². The standard InChI is InChI=1S/C35H68Cl2N8/c1-30(2,3)23-35(12,13)42-29-41-27(36)40-28(37)45(29)26(39-25-21-33(8,9)44-34(10,11)22-25)17-15-14-16-18-38-24-19-31(4,5)43-32(6,7)20-24/h24-26,29,38-39,42-44H,14-23H2,1-13H3. The SMILES string of the molecule is CC(C)(C)CC(C)(C)NC1N=C(Cl)N=C(Cl)N1C(CCCCCNC1CC(C)(C)NC(C)(C)C1)NC1CC(C)(C)NC(C)(C)C1. The van der Waals surface area contributed by atoms with E-state index in [9.17, 15) is 0 Å². The van der Waals surface area contributed by atoms with Crippen molar-refractivity contribution in [2.45, 2.75) is 200 Å². The van der Waals surface area contributed by atoms with E-state index in [0.29, 0.717) is 17.4 Å². The van der Waals surface area contributed by atoms with Gasteiger partial charge in [0.1, 0.15) is 0 Å². The Morgan fingerprint density at radius 3 is 1.82 bits per heavy atom. The molecule has 3 aliphatic heterocycles. The van der Waals surface area contributed by atoms with Crippen LogP contribution in [0.4, 0.5) is 0 Å². The van der Waals surface area contributed by atoms with Crippen LogP contribution in [0, 0.1) is 5.41 Å². The maximum Gasteiger partial charge on any atom is 0.223 e. The molecule has 0 aromatic rings. The topological polar surface area (TPSA) is 88.1 Å². The summed E-state index contributed by atoms with van der Waals surface area (Å²) >= 11 is 13.4. The van der Waals surface area contributed by atoms with Crippen LogP contribution < -0.4 is 26.6 Å². The summed E-state index contributed by atoms with van der Waals surface area (Å²) in [5.41, 5.74) is 0.329. The van der Waals surface area contributed by atoms with Crippen LogP contribution in [0.3, 0.4) is 0 Å². The van der Waals surface area contributed by atoms with Crippen molar-refractivity contribution in [1.29, 1.82) is 0 Å². The number of aliphatic imine (C=N–C) groups is 2. The summed E-state index contributed by atoms with van der Waals surface area (Å²) in [6.07, 6.45) is 9.20. The molecule has 3 rings (SSSR count). The number of rotatable bonds is 13. The molecule has 0 aromatic carbocycles. The van der Waals surface area contributed by atoms with E-state index in [1.165, 1.54) is 0 Å². The summed E-state index contributed by atoms with van der Waals surface area (Å²) in [5.74, 6) is 0. The van der Waals surface area contributed by atoms with Crippen LogP contribution in [-0.2, 0) is 0 Å². The van der Waals surface area contributed by atoms with Crippen molar-refractivity contribution >= 4 is 33.8 Å². The molecule has 0 spiro atoms. The third kappa shape index (κ3) is 13.2. The van der Waals surface area contributed by atoms with Crippen LogP contribution >= 0.6 is 23.2 Å². The van der Waals surface area contributed by atoms with Crippen LogP contribution in [0.5, 0.6) is 0 Å². The lowest BCUT2D eigenvalue weighted by Crippen LogP contribution is -2.66. The maximum absolute atomic E-state index is 6.96. The number of nitrogens with zero attached hydrogens (tertiary/aromatic N) is 3. The van der Waals surface area contributed by atoms with Gasteiger partial charge >= 0.3 is 0 Å². The molecule has 0 saturated carbocycles. The van der Waals surface area contributed by atoms with Gasteiger partial charge in [-0.15, -0.1) is 0 Å². The van der Waals surface area contributed by atoms with E-state index < -0.39 is 6.29 Å². The van der Waals surface area contributed by atoms with Gasteiger partial charge in [-0.3, -0.25) is 15.5 Å². The smallest absolute Gasteiger partial charge is 0.223 e. The summed E-state index contributed by atoms with van der Waals surface area (Å²) in [5, 5.41) is 19.9. The van der Waals surface area contributed by atoms with E-state index in [0.717, 1.165) is 64.3 Å². The second-order valence-electron chi connectivity index (χ2n) is 18.8. The molecule has 2 atom stereocenters. The maximum atomic E-state index is 6.96. The van der Waals surface area contributed by atoms with Crippen molar-refractivity contribution in [3.8, 4) is 0 Å².